The number of aliphatic hydroxyl groups excluding tert-OH is 1. The van der Waals surface area contributed by atoms with Gasteiger partial charge in [0, 0.05) is 35.7 Å². The lowest BCUT2D eigenvalue weighted by Crippen LogP contribution is -2.59. The zero-order valence-corrected chi connectivity index (χ0v) is 28.7. The van der Waals surface area contributed by atoms with Crippen LogP contribution in [0.3, 0.4) is 0 Å². The lowest BCUT2D eigenvalue weighted by Gasteiger charge is -2.49. The van der Waals surface area contributed by atoms with Crippen molar-refractivity contribution in [2.75, 3.05) is 25.1 Å². The van der Waals surface area contributed by atoms with Gasteiger partial charge in [0.1, 0.15) is 18.9 Å². The van der Waals surface area contributed by atoms with Gasteiger partial charge in [-0.3, -0.25) is 14.5 Å². The molecule has 11 nitrogen and oxygen atoms in total. The molecule has 0 radical (unpaired) electrons. The molecule has 1 aliphatic carbocycles. The smallest absolute Gasteiger partial charge is 0.417 e. The number of carbonyl (C=O) groups is 3. The number of fused-ring (bicyclic) bond motifs is 1. The second kappa shape index (κ2) is 14.2. The number of pyridine rings is 1. The molecule has 276 valence electrons. The van der Waals surface area contributed by atoms with Gasteiger partial charge in [-0.15, -0.1) is 0 Å². The number of hydrogen-bond donors (Lipinski definition) is 1. The van der Waals surface area contributed by atoms with Crippen molar-refractivity contribution in [3.05, 3.63) is 119 Å². The first-order valence-electron chi connectivity index (χ1n) is 17.0. The van der Waals surface area contributed by atoms with Gasteiger partial charge in [0.2, 0.25) is 11.8 Å². The minimum atomic E-state index is -4.87. The Kier molecular flexibility index (Phi) is 9.60. The second-order valence-corrected chi connectivity index (χ2v) is 13.6. The first-order chi connectivity index (χ1) is 25.4. The highest BCUT2D eigenvalue weighted by Crippen LogP contribution is 2.57. The molecule has 4 aromatic rings. The molecule has 1 N–H and O–H groups in total. The fourth-order valence-electron chi connectivity index (χ4n) is 7.30. The van der Waals surface area contributed by atoms with E-state index in [1.807, 2.05) is 60.7 Å². The third-order valence-electron chi connectivity index (χ3n) is 10.0. The van der Waals surface area contributed by atoms with Gasteiger partial charge in [-0.2, -0.15) is 18.2 Å². The summed E-state index contributed by atoms with van der Waals surface area (Å²) in [6.07, 6.45) is -8.18. The molecule has 3 heterocycles. The maximum Gasteiger partial charge on any atom is 0.417 e. The number of rotatable bonds is 11. The molecule has 3 aromatic carbocycles. The molecule has 2 unspecified atom stereocenters. The summed E-state index contributed by atoms with van der Waals surface area (Å²) in [6, 6.07) is 27.2. The van der Waals surface area contributed by atoms with Crippen LogP contribution in [0, 0.1) is 5.41 Å². The summed E-state index contributed by atoms with van der Waals surface area (Å²) >= 11 is 0. The van der Waals surface area contributed by atoms with Crippen molar-refractivity contribution in [3.63, 3.8) is 0 Å². The number of anilines is 1. The van der Waals surface area contributed by atoms with Gasteiger partial charge < -0.3 is 29.0 Å². The molecule has 0 bridgehead atoms. The van der Waals surface area contributed by atoms with Crippen LogP contribution in [0.15, 0.2) is 91.0 Å². The minimum absolute atomic E-state index is 0.0377. The standard InChI is InChI=1S/C39H36F3N3O8/c1-50-35(48)36(49)53-38(39(40,41)42)17-16-37(22-38)23-44(24-37)33(46)27-12-13-29-28(18-27)19-45(34(29)47)30-14-15-31(51-20-25-8-4-2-5-9-25)43-32(30)52-21-26-10-6-3-7-11-26/h2-15,18,36,49H,16-17,19-24H2,1H3. The number of benzene rings is 3. The van der Waals surface area contributed by atoms with Crippen LogP contribution >= 0.6 is 0 Å². The molecule has 2 aliphatic heterocycles. The molecule has 1 saturated carbocycles. The fraction of sp³-hybridized carbons (Fsp3) is 0.333. The van der Waals surface area contributed by atoms with Crippen LogP contribution in [0.2, 0.25) is 0 Å². The van der Waals surface area contributed by atoms with E-state index in [-0.39, 0.29) is 56.6 Å². The SMILES string of the molecule is COC(=O)C(O)OC1(C(F)(F)F)CCC2(CN(C(=O)c3ccc4c(c3)CN(c3ccc(OCc5ccccc5)nc3OCc3ccccc3)C4=O)C2)C1. The van der Waals surface area contributed by atoms with E-state index in [9.17, 15) is 32.7 Å². The number of halogens is 3. The van der Waals surface area contributed by atoms with Crippen LogP contribution in [0.1, 0.15) is 56.7 Å². The van der Waals surface area contributed by atoms with E-state index in [0.29, 0.717) is 22.7 Å². The van der Waals surface area contributed by atoms with E-state index < -0.39 is 48.2 Å². The summed E-state index contributed by atoms with van der Waals surface area (Å²) in [5.41, 5.74) is -0.104. The number of aliphatic hydroxyl groups is 1. The number of methoxy groups -OCH3 is 1. The van der Waals surface area contributed by atoms with Gasteiger partial charge in [-0.25, -0.2) is 4.79 Å². The quantitative estimate of drug-likeness (QED) is 0.150. The van der Waals surface area contributed by atoms with Crippen LogP contribution in [-0.2, 0) is 34.0 Å². The number of nitrogens with zero attached hydrogens (tertiary/aromatic N) is 3. The highest BCUT2D eigenvalue weighted by molar-refractivity contribution is 6.11. The molecule has 7 rings (SSSR count). The van der Waals surface area contributed by atoms with Gasteiger partial charge in [0.15, 0.2) is 5.60 Å². The molecule has 1 aromatic heterocycles. The predicted octanol–water partition coefficient (Wildman–Crippen LogP) is 5.84. The number of likely N-dealkylation sites (tertiary alicyclic amines) is 1. The topological polar surface area (TPSA) is 128 Å². The van der Waals surface area contributed by atoms with Crippen molar-refractivity contribution < 1.29 is 51.6 Å². The van der Waals surface area contributed by atoms with E-state index in [1.54, 1.807) is 24.3 Å². The Balaban J connectivity index is 1.05. The van der Waals surface area contributed by atoms with Crippen LogP contribution in [0.5, 0.6) is 11.8 Å². The number of aromatic nitrogens is 1. The van der Waals surface area contributed by atoms with Crippen molar-refractivity contribution in [1.82, 2.24) is 9.88 Å². The first kappa shape index (κ1) is 35.9. The number of carbonyl (C=O) groups excluding carboxylic acids is 3. The van der Waals surface area contributed by atoms with E-state index in [0.717, 1.165) is 18.2 Å². The lowest BCUT2D eigenvalue weighted by atomic mass is 9.76. The Morgan fingerprint density at radius 3 is 2.21 bits per heavy atom. The maximum absolute atomic E-state index is 14.2. The Hall–Kier alpha value is -5.47. The number of amides is 2. The highest BCUT2D eigenvalue weighted by atomic mass is 19.4. The summed E-state index contributed by atoms with van der Waals surface area (Å²) in [7, 11) is 0.934. The Bertz CT molecular complexity index is 2010. The fourth-order valence-corrected chi connectivity index (χ4v) is 7.30. The molecule has 2 amide bonds. The third-order valence-corrected chi connectivity index (χ3v) is 10.0. The Morgan fingerprint density at radius 1 is 0.906 bits per heavy atom. The van der Waals surface area contributed by atoms with Gasteiger partial charge in [-0.1, -0.05) is 60.7 Å². The molecule has 1 saturated heterocycles. The average Bonchev–Trinajstić information content (AvgIpc) is 3.71. The molecular formula is C39H36F3N3O8. The van der Waals surface area contributed by atoms with Crippen molar-refractivity contribution in [1.29, 1.82) is 0 Å². The predicted molar refractivity (Wildman–Crippen MR) is 183 cm³/mol. The number of ether oxygens (including phenoxy) is 4. The van der Waals surface area contributed by atoms with Gasteiger partial charge in [-0.05, 0) is 60.2 Å². The van der Waals surface area contributed by atoms with Crippen LogP contribution in [-0.4, -0.2) is 71.0 Å². The van der Waals surface area contributed by atoms with Crippen molar-refractivity contribution in [2.45, 2.75) is 57.1 Å². The number of alkyl halides is 3. The van der Waals surface area contributed by atoms with E-state index in [2.05, 4.69) is 9.72 Å². The Morgan fingerprint density at radius 2 is 1.57 bits per heavy atom. The maximum atomic E-state index is 14.2. The van der Waals surface area contributed by atoms with E-state index in [4.69, 9.17) is 14.2 Å². The van der Waals surface area contributed by atoms with Crippen molar-refractivity contribution >= 4 is 23.5 Å². The van der Waals surface area contributed by atoms with E-state index >= 15 is 0 Å². The van der Waals surface area contributed by atoms with Crippen LogP contribution in [0.4, 0.5) is 18.9 Å². The molecule has 1 spiro atoms. The summed E-state index contributed by atoms with van der Waals surface area (Å²) < 4.78 is 64.0. The lowest BCUT2D eigenvalue weighted by molar-refractivity contribution is -0.315. The molecule has 53 heavy (non-hydrogen) atoms. The third kappa shape index (κ3) is 7.16. The van der Waals surface area contributed by atoms with Gasteiger partial charge >= 0.3 is 12.1 Å². The molecule has 2 atom stereocenters. The summed E-state index contributed by atoms with van der Waals surface area (Å²) in [5.74, 6) is -1.53. The molecular weight excluding hydrogens is 695 g/mol. The summed E-state index contributed by atoms with van der Waals surface area (Å²) in [5, 5.41) is 9.90. The number of esters is 1. The molecule has 14 heteroatoms. The van der Waals surface area contributed by atoms with Crippen molar-refractivity contribution in [2.24, 2.45) is 5.41 Å². The summed E-state index contributed by atoms with van der Waals surface area (Å²) in [4.78, 5) is 46.5. The normalized spacial score (nSPS) is 19.5. The van der Waals surface area contributed by atoms with Crippen LogP contribution in [0.25, 0.3) is 0 Å². The van der Waals surface area contributed by atoms with Gasteiger partial charge in [0.25, 0.3) is 18.1 Å². The Labute approximate surface area is 302 Å². The van der Waals surface area contributed by atoms with E-state index in [1.165, 1.54) is 15.9 Å². The first-order valence-corrected chi connectivity index (χ1v) is 17.0. The van der Waals surface area contributed by atoms with Crippen molar-refractivity contribution in [3.8, 4) is 11.8 Å². The van der Waals surface area contributed by atoms with Crippen LogP contribution < -0.4 is 14.4 Å². The monoisotopic (exact) mass is 731 g/mol. The molecule has 2 fully saturated rings. The summed E-state index contributed by atoms with van der Waals surface area (Å²) in [6.45, 7) is 0.673. The second-order valence-electron chi connectivity index (χ2n) is 13.6. The highest BCUT2D eigenvalue weighted by Gasteiger charge is 2.67. The van der Waals surface area contributed by atoms with Gasteiger partial charge in [0.05, 0.1) is 13.7 Å². The molecule has 3 aliphatic rings. The largest absolute Gasteiger partial charge is 0.473 e. The number of hydrogen-bond acceptors (Lipinski definition) is 9. The zero-order chi connectivity index (χ0) is 37.4. The minimum Gasteiger partial charge on any atom is -0.473 e. The average molecular weight is 732 g/mol. The zero-order valence-electron chi connectivity index (χ0n) is 28.7.